The van der Waals surface area contributed by atoms with Crippen LogP contribution in [0.4, 0.5) is 0 Å². The second kappa shape index (κ2) is 8.20. The first-order chi connectivity index (χ1) is 14.4. The smallest absolute Gasteiger partial charge is 0.240 e. The van der Waals surface area contributed by atoms with Crippen LogP contribution in [0.2, 0.25) is 10.0 Å². The lowest BCUT2D eigenvalue weighted by Gasteiger charge is -2.12. The molecule has 0 bridgehead atoms. The molecule has 6 nitrogen and oxygen atoms in total. The lowest BCUT2D eigenvalue weighted by molar-refractivity contribution is 0.481. The van der Waals surface area contributed by atoms with Gasteiger partial charge in [0.15, 0.2) is 0 Å². The van der Waals surface area contributed by atoms with E-state index in [1.54, 1.807) is 36.4 Å². The Morgan fingerprint density at radius 2 is 1.67 bits per heavy atom. The number of nitrogens with zero attached hydrogens (tertiary/aromatic N) is 2. The third-order valence-electron chi connectivity index (χ3n) is 4.43. The van der Waals surface area contributed by atoms with E-state index in [9.17, 15) is 8.42 Å². The quantitative estimate of drug-likeness (QED) is 0.437. The molecular weight excluding hydrogens is 445 g/mol. The number of sulfonamides is 1. The van der Waals surface area contributed by atoms with Gasteiger partial charge in [-0.25, -0.2) is 23.1 Å². The minimum absolute atomic E-state index is 0.105. The van der Waals surface area contributed by atoms with Crippen LogP contribution >= 0.6 is 23.2 Å². The molecule has 0 amide bonds. The maximum atomic E-state index is 12.0. The van der Waals surface area contributed by atoms with Gasteiger partial charge in [-0.05, 0) is 43.4 Å². The van der Waals surface area contributed by atoms with Gasteiger partial charge >= 0.3 is 0 Å². The van der Waals surface area contributed by atoms with Crippen molar-refractivity contribution >= 4 is 44.1 Å². The molecule has 1 aromatic heterocycles. The van der Waals surface area contributed by atoms with E-state index in [1.807, 2.05) is 12.1 Å². The van der Waals surface area contributed by atoms with Crippen LogP contribution in [-0.4, -0.2) is 25.4 Å². The number of aromatic nitrogens is 2. The summed E-state index contributed by atoms with van der Waals surface area (Å²) in [6, 6.07) is 16.8. The predicted molar refractivity (Wildman–Crippen MR) is 118 cm³/mol. The number of hydrogen-bond donors (Lipinski definition) is 1. The number of halogens is 2. The molecule has 0 unspecified atom stereocenters. The van der Waals surface area contributed by atoms with Gasteiger partial charge in [0.1, 0.15) is 17.8 Å². The van der Waals surface area contributed by atoms with Crippen LogP contribution in [0.15, 0.2) is 71.9 Å². The molecule has 1 heterocycles. The van der Waals surface area contributed by atoms with Crippen LogP contribution in [0.5, 0.6) is 11.5 Å². The fraction of sp³-hybridized carbons (Fsp3) is 0.0476. The monoisotopic (exact) mass is 459 g/mol. The first kappa shape index (κ1) is 20.6. The van der Waals surface area contributed by atoms with Gasteiger partial charge in [-0.3, -0.25) is 0 Å². The molecule has 0 aliphatic heterocycles. The minimum atomic E-state index is -3.58. The Morgan fingerprint density at radius 1 is 0.900 bits per heavy atom. The van der Waals surface area contributed by atoms with Crippen molar-refractivity contribution in [1.82, 2.24) is 14.7 Å². The first-order valence-corrected chi connectivity index (χ1v) is 11.0. The van der Waals surface area contributed by atoms with E-state index in [0.29, 0.717) is 38.3 Å². The third kappa shape index (κ3) is 3.97. The lowest BCUT2D eigenvalue weighted by Crippen LogP contribution is -2.18. The Bertz CT molecular complexity index is 1360. The SMILES string of the molecule is CNS(=O)(=O)c1cccc(Oc2ccc(Cl)c(-c3ncnc4c(Cl)cccc34)c2)c1. The Labute approximate surface area is 183 Å². The molecule has 4 aromatic rings. The van der Waals surface area contributed by atoms with Gasteiger partial charge in [0.25, 0.3) is 0 Å². The summed E-state index contributed by atoms with van der Waals surface area (Å²) in [4.78, 5) is 8.74. The van der Waals surface area contributed by atoms with Crippen LogP contribution in [0.1, 0.15) is 0 Å². The minimum Gasteiger partial charge on any atom is -0.457 e. The molecule has 0 saturated heterocycles. The Balaban J connectivity index is 1.76. The van der Waals surface area contributed by atoms with Crippen molar-refractivity contribution in [2.75, 3.05) is 7.05 Å². The highest BCUT2D eigenvalue weighted by Crippen LogP contribution is 2.36. The summed E-state index contributed by atoms with van der Waals surface area (Å²) in [5, 5.41) is 1.75. The number of para-hydroxylation sites is 1. The average Bonchev–Trinajstić information content (AvgIpc) is 2.75. The molecule has 0 aliphatic carbocycles. The maximum absolute atomic E-state index is 12.0. The van der Waals surface area contributed by atoms with Crippen LogP contribution in [-0.2, 0) is 10.0 Å². The summed E-state index contributed by atoms with van der Waals surface area (Å²) in [5.41, 5.74) is 1.88. The molecule has 3 aromatic carbocycles. The number of fused-ring (bicyclic) bond motifs is 1. The van der Waals surface area contributed by atoms with Crippen molar-refractivity contribution in [2.45, 2.75) is 4.90 Å². The fourth-order valence-corrected chi connectivity index (χ4v) is 4.17. The van der Waals surface area contributed by atoms with E-state index in [2.05, 4.69) is 14.7 Å². The Hall–Kier alpha value is -2.71. The topological polar surface area (TPSA) is 81.2 Å². The largest absolute Gasteiger partial charge is 0.457 e. The van der Waals surface area contributed by atoms with Gasteiger partial charge in [0.2, 0.25) is 10.0 Å². The van der Waals surface area contributed by atoms with Crippen molar-refractivity contribution in [3.8, 4) is 22.8 Å². The predicted octanol–water partition coefficient (Wildman–Crippen LogP) is 5.30. The summed E-state index contributed by atoms with van der Waals surface area (Å²) >= 11 is 12.7. The molecule has 0 radical (unpaired) electrons. The molecule has 1 N–H and O–H groups in total. The summed E-state index contributed by atoms with van der Waals surface area (Å²) < 4.78 is 32.2. The number of rotatable bonds is 5. The van der Waals surface area contributed by atoms with Gasteiger partial charge in [0, 0.05) is 17.0 Å². The second-order valence-electron chi connectivity index (χ2n) is 6.28. The highest BCUT2D eigenvalue weighted by molar-refractivity contribution is 7.89. The van der Waals surface area contributed by atoms with E-state index in [1.165, 1.54) is 25.5 Å². The molecule has 0 spiro atoms. The van der Waals surface area contributed by atoms with E-state index < -0.39 is 10.0 Å². The molecular formula is C21H15Cl2N3O3S. The Morgan fingerprint density at radius 3 is 2.47 bits per heavy atom. The van der Waals surface area contributed by atoms with Crippen molar-refractivity contribution in [1.29, 1.82) is 0 Å². The molecule has 30 heavy (non-hydrogen) atoms. The van der Waals surface area contributed by atoms with E-state index in [4.69, 9.17) is 27.9 Å². The van der Waals surface area contributed by atoms with Crippen molar-refractivity contribution < 1.29 is 13.2 Å². The first-order valence-electron chi connectivity index (χ1n) is 8.79. The van der Waals surface area contributed by atoms with Crippen molar-refractivity contribution in [3.63, 3.8) is 0 Å². The second-order valence-corrected chi connectivity index (χ2v) is 8.99. The van der Waals surface area contributed by atoms with Crippen molar-refractivity contribution in [3.05, 3.63) is 77.0 Å². The van der Waals surface area contributed by atoms with Gasteiger partial charge in [0.05, 0.1) is 26.2 Å². The zero-order chi connectivity index (χ0) is 21.3. The van der Waals surface area contributed by atoms with Crippen LogP contribution < -0.4 is 9.46 Å². The van der Waals surface area contributed by atoms with E-state index >= 15 is 0 Å². The van der Waals surface area contributed by atoms with Crippen LogP contribution in [0.3, 0.4) is 0 Å². The van der Waals surface area contributed by atoms with E-state index in [-0.39, 0.29) is 4.90 Å². The zero-order valence-corrected chi connectivity index (χ0v) is 18.0. The zero-order valence-electron chi connectivity index (χ0n) is 15.6. The molecule has 4 rings (SSSR count). The Kier molecular flexibility index (Phi) is 5.62. The molecule has 0 saturated carbocycles. The molecule has 0 fully saturated rings. The molecule has 0 atom stereocenters. The third-order valence-corrected chi connectivity index (χ3v) is 6.48. The lowest BCUT2D eigenvalue weighted by atomic mass is 10.1. The maximum Gasteiger partial charge on any atom is 0.240 e. The van der Waals surface area contributed by atoms with Gasteiger partial charge in [-0.2, -0.15) is 0 Å². The average molecular weight is 460 g/mol. The highest BCUT2D eigenvalue weighted by atomic mass is 35.5. The number of benzene rings is 3. The number of ether oxygens (including phenoxy) is 1. The standard InChI is InChI=1S/C21H15Cl2N3O3S/c1-24-30(27,28)15-5-2-4-13(10-15)29-14-8-9-18(22)17(11-14)20-16-6-3-7-19(23)21(16)26-12-25-20/h2-12,24H,1H3. The molecule has 9 heteroatoms. The van der Waals surface area contributed by atoms with E-state index in [0.717, 1.165) is 5.39 Å². The van der Waals surface area contributed by atoms with Crippen LogP contribution in [0, 0.1) is 0 Å². The molecule has 152 valence electrons. The molecule has 0 aliphatic rings. The number of nitrogens with one attached hydrogen (secondary N) is 1. The van der Waals surface area contributed by atoms with Crippen LogP contribution in [0.25, 0.3) is 22.2 Å². The van der Waals surface area contributed by atoms with Crippen molar-refractivity contribution in [2.24, 2.45) is 0 Å². The summed E-state index contributed by atoms with van der Waals surface area (Å²) in [5.74, 6) is 0.845. The normalized spacial score (nSPS) is 11.6. The summed E-state index contributed by atoms with van der Waals surface area (Å²) in [7, 11) is -2.23. The van der Waals surface area contributed by atoms with Gasteiger partial charge in [-0.1, -0.05) is 41.4 Å². The van der Waals surface area contributed by atoms with Gasteiger partial charge < -0.3 is 4.74 Å². The highest BCUT2D eigenvalue weighted by Gasteiger charge is 2.15. The summed E-state index contributed by atoms with van der Waals surface area (Å²) in [6.07, 6.45) is 1.43. The summed E-state index contributed by atoms with van der Waals surface area (Å²) in [6.45, 7) is 0. The fourth-order valence-electron chi connectivity index (χ4n) is 2.97. The number of hydrogen-bond acceptors (Lipinski definition) is 5. The van der Waals surface area contributed by atoms with Gasteiger partial charge in [-0.15, -0.1) is 0 Å².